The molecule has 0 aliphatic carbocycles. The van der Waals surface area contributed by atoms with Crippen molar-refractivity contribution in [2.24, 2.45) is 0 Å². The van der Waals surface area contributed by atoms with E-state index in [0.29, 0.717) is 6.42 Å². The van der Waals surface area contributed by atoms with Crippen LogP contribution in [0.5, 0.6) is 0 Å². The van der Waals surface area contributed by atoms with Gasteiger partial charge in [0.2, 0.25) is 0 Å². The highest BCUT2D eigenvalue weighted by atomic mass is 16.6. The zero-order valence-corrected chi connectivity index (χ0v) is 15.8. The summed E-state index contributed by atoms with van der Waals surface area (Å²) in [5, 5.41) is 2.66. The Balaban J connectivity index is 1.52. The molecule has 0 saturated carbocycles. The minimum absolute atomic E-state index is 0.136. The van der Waals surface area contributed by atoms with Gasteiger partial charge in [-0.15, -0.1) is 0 Å². The average molecular weight is 387 g/mol. The van der Waals surface area contributed by atoms with Crippen molar-refractivity contribution in [1.29, 1.82) is 0 Å². The molecule has 4 rings (SSSR count). The van der Waals surface area contributed by atoms with Crippen molar-refractivity contribution in [2.75, 3.05) is 0 Å². The number of esters is 1. The summed E-state index contributed by atoms with van der Waals surface area (Å²) in [6, 6.07) is 27.7. The maximum Gasteiger partial charge on any atom is 0.408 e. The zero-order chi connectivity index (χ0) is 20.1. The molecule has 3 aromatic rings. The summed E-state index contributed by atoms with van der Waals surface area (Å²) in [7, 11) is 0. The number of alkyl carbamates (subject to hydrolysis) is 1. The number of nitrogens with one attached hydrogen (secondary N) is 1. The van der Waals surface area contributed by atoms with Gasteiger partial charge in [0.15, 0.2) is 5.60 Å². The van der Waals surface area contributed by atoms with Crippen molar-refractivity contribution in [3.8, 4) is 0 Å². The van der Waals surface area contributed by atoms with E-state index >= 15 is 0 Å². The largest absolute Gasteiger partial charge is 0.448 e. The maximum absolute atomic E-state index is 12.7. The molecule has 5 heteroatoms. The molecule has 0 unspecified atom stereocenters. The van der Waals surface area contributed by atoms with E-state index in [0.717, 1.165) is 16.7 Å². The molecule has 146 valence electrons. The van der Waals surface area contributed by atoms with Crippen LogP contribution in [0.15, 0.2) is 91.0 Å². The molecular formula is C24H21NO4. The summed E-state index contributed by atoms with van der Waals surface area (Å²) < 4.78 is 11.1. The third kappa shape index (κ3) is 3.99. The lowest BCUT2D eigenvalue weighted by molar-refractivity contribution is -0.147. The van der Waals surface area contributed by atoms with Crippen LogP contribution in [-0.4, -0.2) is 18.1 Å². The summed E-state index contributed by atoms with van der Waals surface area (Å²) in [5.74, 6) is -0.477. The van der Waals surface area contributed by atoms with E-state index in [4.69, 9.17) is 9.47 Å². The fourth-order valence-corrected chi connectivity index (χ4v) is 3.61. The Morgan fingerprint density at radius 3 is 1.97 bits per heavy atom. The number of ether oxygens (including phenoxy) is 2. The number of carbonyl (C=O) groups excluding carboxylic acids is 2. The number of hydrogen-bond acceptors (Lipinski definition) is 4. The molecule has 5 nitrogen and oxygen atoms in total. The second-order valence-electron chi connectivity index (χ2n) is 6.94. The maximum atomic E-state index is 12.7. The van der Waals surface area contributed by atoms with Gasteiger partial charge in [-0.05, 0) is 5.56 Å². The highest BCUT2D eigenvalue weighted by Gasteiger charge is 2.50. The molecule has 1 fully saturated rings. The van der Waals surface area contributed by atoms with Crippen LogP contribution in [0.2, 0.25) is 0 Å². The van der Waals surface area contributed by atoms with Crippen molar-refractivity contribution in [3.05, 3.63) is 108 Å². The van der Waals surface area contributed by atoms with Gasteiger partial charge in [-0.25, -0.2) is 9.59 Å². The van der Waals surface area contributed by atoms with Gasteiger partial charge in [0, 0.05) is 17.5 Å². The van der Waals surface area contributed by atoms with Crippen LogP contribution in [0.25, 0.3) is 0 Å². The number of rotatable bonds is 5. The Morgan fingerprint density at radius 2 is 1.41 bits per heavy atom. The monoisotopic (exact) mass is 387 g/mol. The van der Waals surface area contributed by atoms with Crippen molar-refractivity contribution in [2.45, 2.75) is 24.7 Å². The lowest BCUT2D eigenvalue weighted by atomic mass is 9.83. The first-order valence-corrected chi connectivity index (χ1v) is 9.48. The van der Waals surface area contributed by atoms with Crippen molar-refractivity contribution >= 4 is 12.1 Å². The van der Waals surface area contributed by atoms with Crippen LogP contribution in [0.1, 0.15) is 23.1 Å². The second-order valence-corrected chi connectivity index (χ2v) is 6.94. The van der Waals surface area contributed by atoms with Crippen LogP contribution in [0.3, 0.4) is 0 Å². The molecule has 0 bridgehead atoms. The average Bonchev–Trinajstić information content (AvgIpc) is 3.11. The van der Waals surface area contributed by atoms with Gasteiger partial charge in [0.05, 0.1) is 0 Å². The van der Waals surface area contributed by atoms with Crippen LogP contribution in [0, 0.1) is 0 Å². The van der Waals surface area contributed by atoms with Gasteiger partial charge in [-0.2, -0.15) is 0 Å². The minimum Gasteiger partial charge on any atom is -0.448 e. The molecule has 1 heterocycles. The van der Waals surface area contributed by atoms with E-state index in [1.807, 2.05) is 91.0 Å². The first kappa shape index (κ1) is 18.7. The van der Waals surface area contributed by atoms with Gasteiger partial charge in [-0.3, -0.25) is 0 Å². The van der Waals surface area contributed by atoms with Crippen LogP contribution < -0.4 is 5.32 Å². The van der Waals surface area contributed by atoms with Crippen LogP contribution in [0.4, 0.5) is 4.79 Å². The number of cyclic esters (lactones) is 1. The number of amides is 1. The topological polar surface area (TPSA) is 64.6 Å². The highest BCUT2D eigenvalue weighted by Crippen LogP contribution is 2.42. The fourth-order valence-electron chi connectivity index (χ4n) is 3.61. The van der Waals surface area contributed by atoms with E-state index in [1.54, 1.807) is 0 Å². The Bertz CT molecular complexity index is 934. The van der Waals surface area contributed by atoms with E-state index in [2.05, 4.69) is 5.32 Å². The van der Waals surface area contributed by atoms with Gasteiger partial charge in [0.25, 0.3) is 0 Å². The van der Waals surface area contributed by atoms with Crippen LogP contribution in [-0.2, 0) is 26.5 Å². The van der Waals surface area contributed by atoms with E-state index in [9.17, 15) is 9.59 Å². The van der Waals surface area contributed by atoms with E-state index in [-0.39, 0.29) is 6.61 Å². The predicted octanol–water partition coefficient (Wildman–Crippen LogP) is 4.17. The summed E-state index contributed by atoms with van der Waals surface area (Å²) in [6.07, 6.45) is -0.354. The van der Waals surface area contributed by atoms with E-state index < -0.39 is 23.7 Å². The molecule has 1 atom stereocenters. The third-order valence-corrected chi connectivity index (χ3v) is 5.04. The quantitative estimate of drug-likeness (QED) is 0.668. The molecule has 0 aromatic heterocycles. The first-order chi connectivity index (χ1) is 14.2. The summed E-state index contributed by atoms with van der Waals surface area (Å²) >= 11 is 0. The fraction of sp³-hybridized carbons (Fsp3) is 0.167. The SMILES string of the molecule is O=C(N[C@H]1CC(c2ccccc2)(c2ccccc2)OC1=O)OCc1ccccc1. The normalized spacial score (nSPS) is 17.4. The van der Waals surface area contributed by atoms with Crippen molar-refractivity contribution in [1.82, 2.24) is 5.32 Å². The van der Waals surface area contributed by atoms with Crippen LogP contribution >= 0.6 is 0 Å². The van der Waals surface area contributed by atoms with E-state index in [1.165, 1.54) is 0 Å². The molecular weight excluding hydrogens is 366 g/mol. The third-order valence-electron chi connectivity index (χ3n) is 5.04. The zero-order valence-electron chi connectivity index (χ0n) is 15.8. The molecule has 3 aromatic carbocycles. The molecule has 0 radical (unpaired) electrons. The molecule has 29 heavy (non-hydrogen) atoms. The first-order valence-electron chi connectivity index (χ1n) is 9.48. The number of benzene rings is 3. The van der Waals surface area contributed by atoms with Gasteiger partial charge >= 0.3 is 12.1 Å². The smallest absolute Gasteiger partial charge is 0.408 e. The Hall–Kier alpha value is -3.60. The number of hydrogen-bond donors (Lipinski definition) is 1. The molecule has 0 spiro atoms. The Kier molecular flexibility index (Phi) is 5.29. The Morgan fingerprint density at radius 1 is 0.897 bits per heavy atom. The molecule has 1 aliphatic heterocycles. The van der Waals surface area contributed by atoms with Crippen molar-refractivity contribution < 1.29 is 19.1 Å². The highest BCUT2D eigenvalue weighted by molar-refractivity contribution is 5.84. The van der Waals surface area contributed by atoms with Gasteiger partial charge in [0.1, 0.15) is 12.6 Å². The lowest BCUT2D eigenvalue weighted by Gasteiger charge is -2.28. The Labute approximate surface area is 169 Å². The minimum atomic E-state index is -0.947. The standard InChI is InChI=1S/C24H21NO4/c26-22-21(25-23(27)28-17-18-10-4-1-5-11-18)16-24(29-22,19-12-6-2-7-13-19)20-14-8-3-9-15-20/h1-15,21H,16-17H2,(H,25,27)/t21-/m0/s1. The second kappa shape index (κ2) is 8.19. The lowest BCUT2D eigenvalue weighted by Crippen LogP contribution is -2.38. The van der Waals surface area contributed by atoms with Gasteiger partial charge < -0.3 is 14.8 Å². The molecule has 1 saturated heterocycles. The van der Waals surface area contributed by atoms with Crippen molar-refractivity contribution in [3.63, 3.8) is 0 Å². The molecule has 1 amide bonds. The molecule has 1 N–H and O–H groups in total. The predicted molar refractivity (Wildman–Crippen MR) is 108 cm³/mol. The van der Waals surface area contributed by atoms with Gasteiger partial charge in [-0.1, -0.05) is 91.0 Å². The summed E-state index contributed by atoms with van der Waals surface area (Å²) in [4.78, 5) is 24.9. The molecule has 1 aliphatic rings. The number of carbonyl (C=O) groups is 2. The summed E-state index contributed by atoms with van der Waals surface area (Å²) in [6.45, 7) is 0.136. The summed E-state index contributed by atoms with van der Waals surface area (Å²) in [5.41, 5.74) is 1.65.